The zero-order valence-corrected chi connectivity index (χ0v) is 17.2. The number of halogens is 2. The molecule has 0 radical (unpaired) electrons. The number of carbonyl (C=O) groups is 2. The van der Waals surface area contributed by atoms with Crippen LogP contribution in [-0.4, -0.2) is 59.0 Å². The lowest BCUT2D eigenvalue weighted by molar-refractivity contribution is -0.136. The fourth-order valence-corrected chi connectivity index (χ4v) is 3.92. The minimum absolute atomic E-state index is 0. The summed E-state index contributed by atoms with van der Waals surface area (Å²) in [4.78, 5) is 35.4. The van der Waals surface area contributed by atoms with E-state index in [9.17, 15) is 9.59 Å². The number of amides is 2. The Morgan fingerprint density at radius 1 is 1.14 bits per heavy atom. The van der Waals surface area contributed by atoms with Gasteiger partial charge in [-0.05, 0) is 24.3 Å². The summed E-state index contributed by atoms with van der Waals surface area (Å²) in [6.45, 7) is 3.23. The monoisotopic (exact) mass is 423 g/mol. The lowest BCUT2D eigenvalue weighted by Gasteiger charge is -2.36. The number of rotatable bonds is 3. The maximum Gasteiger partial charge on any atom is 0.228 e. The van der Waals surface area contributed by atoms with E-state index in [0.29, 0.717) is 24.7 Å². The van der Waals surface area contributed by atoms with Gasteiger partial charge in [-0.25, -0.2) is 4.98 Å². The molecule has 2 aliphatic heterocycles. The first-order valence-corrected chi connectivity index (χ1v) is 9.48. The Bertz CT molecular complexity index is 846. The molecular formula is C19H23Cl2N5O2. The molecule has 0 bridgehead atoms. The number of hydrogen-bond acceptors (Lipinski definition) is 4. The summed E-state index contributed by atoms with van der Waals surface area (Å²) >= 11 is 5.92. The van der Waals surface area contributed by atoms with Gasteiger partial charge in [-0.1, -0.05) is 11.6 Å². The van der Waals surface area contributed by atoms with Crippen LogP contribution in [0.5, 0.6) is 0 Å². The number of nitrogens with zero attached hydrogens (tertiary/aromatic N) is 5. The van der Waals surface area contributed by atoms with Crippen molar-refractivity contribution in [2.45, 2.75) is 6.42 Å². The number of benzene rings is 1. The minimum Gasteiger partial charge on any atom is -0.339 e. The van der Waals surface area contributed by atoms with E-state index in [1.54, 1.807) is 23.2 Å². The summed E-state index contributed by atoms with van der Waals surface area (Å²) in [7, 11) is 1.97. The van der Waals surface area contributed by atoms with Crippen LogP contribution < -0.4 is 9.80 Å². The summed E-state index contributed by atoms with van der Waals surface area (Å²) in [5.41, 5.74) is 0.791. The predicted molar refractivity (Wildman–Crippen MR) is 111 cm³/mol. The first-order chi connectivity index (χ1) is 13.0. The largest absolute Gasteiger partial charge is 0.339 e. The number of carbonyl (C=O) groups excluding carboxylic acids is 2. The second kappa shape index (κ2) is 8.41. The molecular weight excluding hydrogens is 401 g/mol. The predicted octanol–water partition coefficient (Wildman–Crippen LogP) is 2.20. The molecule has 1 aromatic heterocycles. The molecule has 2 aromatic rings. The van der Waals surface area contributed by atoms with Crippen molar-refractivity contribution >= 4 is 47.5 Å². The quantitative estimate of drug-likeness (QED) is 0.758. The minimum atomic E-state index is -0.284. The Labute approximate surface area is 175 Å². The Morgan fingerprint density at radius 2 is 1.82 bits per heavy atom. The van der Waals surface area contributed by atoms with Gasteiger partial charge in [-0.15, -0.1) is 12.4 Å². The summed E-state index contributed by atoms with van der Waals surface area (Å²) in [6, 6.07) is 7.16. The second-order valence-electron chi connectivity index (χ2n) is 7.03. The van der Waals surface area contributed by atoms with Gasteiger partial charge in [0.15, 0.2) is 0 Å². The second-order valence-corrected chi connectivity index (χ2v) is 7.47. The van der Waals surface area contributed by atoms with Crippen molar-refractivity contribution in [2.24, 2.45) is 13.0 Å². The highest BCUT2D eigenvalue weighted by molar-refractivity contribution is 6.30. The topological polar surface area (TPSA) is 61.7 Å². The van der Waals surface area contributed by atoms with Crippen LogP contribution in [-0.2, 0) is 16.6 Å². The number of aromatic nitrogens is 2. The van der Waals surface area contributed by atoms with E-state index in [0.717, 1.165) is 24.7 Å². The molecule has 0 aliphatic carbocycles. The molecule has 150 valence electrons. The molecule has 2 saturated heterocycles. The van der Waals surface area contributed by atoms with Crippen molar-refractivity contribution in [2.75, 3.05) is 42.5 Å². The van der Waals surface area contributed by atoms with Gasteiger partial charge in [0.1, 0.15) is 0 Å². The third-order valence-corrected chi connectivity index (χ3v) is 5.53. The molecule has 2 aliphatic rings. The van der Waals surface area contributed by atoms with Crippen LogP contribution in [0.1, 0.15) is 6.42 Å². The van der Waals surface area contributed by atoms with E-state index in [1.807, 2.05) is 34.8 Å². The number of piperazine rings is 1. The van der Waals surface area contributed by atoms with E-state index >= 15 is 0 Å². The molecule has 4 rings (SSSR count). The number of hydrogen-bond donors (Lipinski definition) is 0. The Hall–Kier alpha value is -2.25. The fraction of sp³-hybridized carbons (Fsp3) is 0.421. The summed E-state index contributed by atoms with van der Waals surface area (Å²) in [6.07, 6.45) is 3.96. The highest BCUT2D eigenvalue weighted by atomic mass is 35.5. The van der Waals surface area contributed by atoms with Crippen molar-refractivity contribution in [3.05, 3.63) is 41.7 Å². The standard InChI is InChI=1S/C19H22ClN5O2.ClH/c1-22-7-6-21-19(22)24-10-8-23(9-11-24)18(27)14-12-17(26)25(13-14)16-4-2-15(20)3-5-16;/h2-7,14H,8-13H2,1H3;1H. The maximum absolute atomic E-state index is 12.9. The Balaban J connectivity index is 0.00000225. The van der Waals surface area contributed by atoms with Crippen LogP contribution in [0.15, 0.2) is 36.7 Å². The van der Waals surface area contributed by atoms with E-state index in [2.05, 4.69) is 9.88 Å². The molecule has 1 aromatic carbocycles. The van der Waals surface area contributed by atoms with Gasteiger partial charge >= 0.3 is 0 Å². The fourth-order valence-electron chi connectivity index (χ4n) is 3.79. The van der Waals surface area contributed by atoms with Gasteiger partial charge in [0.25, 0.3) is 0 Å². The third-order valence-electron chi connectivity index (χ3n) is 5.28. The van der Waals surface area contributed by atoms with E-state index in [4.69, 9.17) is 11.6 Å². The molecule has 0 N–H and O–H groups in total. The molecule has 7 nitrogen and oxygen atoms in total. The van der Waals surface area contributed by atoms with Crippen LogP contribution in [0.25, 0.3) is 0 Å². The smallest absolute Gasteiger partial charge is 0.228 e. The average Bonchev–Trinajstić information content (AvgIpc) is 3.28. The van der Waals surface area contributed by atoms with Crippen LogP contribution >= 0.6 is 24.0 Å². The van der Waals surface area contributed by atoms with Crippen LogP contribution in [0.2, 0.25) is 5.02 Å². The normalized spacial score (nSPS) is 19.7. The molecule has 2 amide bonds. The maximum atomic E-state index is 12.9. The van der Waals surface area contributed by atoms with Gasteiger partial charge in [0.2, 0.25) is 17.8 Å². The summed E-state index contributed by atoms with van der Waals surface area (Å²) in [5, 5.41) is 0.628. The van der Waals surface area contributed by atoms with Gasteiger partial charge in [0.05, 0.1) is 5.92 Å². The molecule has 2 fully saturated rings. The lowest BCUT2D eigenvalue weighted by atomic mass is 10.1. The van der Waals surface area contributed by atoms with Gasteiger partial charge in [-0.3, -0.25) is 9.59 Å². The lowest BCUT2D eigenvalue weighted by Crippen LogP contribution is -2.51. The van der Waals surface area contributed by atoms with E-state index < -0.39 is 0 Å². The molecule has 3 heterocycles. The van der Waals surface area contributed by atoms with Crippen molar-refractivity contribution in [1.82, 2.24) is 14.5 Å². The zero-order chi connectivity index (χ0) is 19.0. The SMILES string of the molecule is Cl.Cn1ccnc1N1CCN(C(=O)C2CC(=O)N(c3ccc(Cl)cc3)C2)CC1. The van der Waals surface area contributed by atoms with Crippen molar-refractivity contribution < 1.29 is 9.59 Å². The van der Waals surface area contributed by atoms with Crippen molar-refractivity contribution in [3.63, 3.8) is 0 Å². The van der Waals surface area contributed by atoms with E-state index in [-0.39, 0.29) is 36.6 Å². The highest BCUT2D eigenvalue weighted by Crippen LogP contribution is 2.28. The van der Waals surface area contributed by atoms with Crippen molar-refractivity contribution in [3.8, 4) is 0 Å². The number of aryl methyl sites for hydroxylation is 1. The van der Waals surface area contributed by atoms with Gasteiger partial charge < -0.3 is 19.3 Å². The third kappa shape index (κ3) is 3.95. The Morgan fingerprint density at radius 3 is 2.43 bits per heavy atom. The highest BCUT2D eigenvalue weighted by Gasteiger charge is 2.38. The molecule has 28 heavy (non-hydrogen) atoms. The van der Waals surface area contributed by atoms with Crippen LogP contribution in [0, 0.1) is 5.92 Å². The van der Waals surface area contributed by atoms with Gasteiger partial charge in [-0.2, -0.15) is 0 Å². The first-order valence-electron chi connectivity index (χ1n) is 9.10. The molecule has 0 saturated carbocycles. The number of imidazole rings is 1. The summed E-state index contributed by atoms with van der Waals surface area (Å²) in [5.74, 6) is 0.696. The number of anilines is 2. The van der Waals surface area contributed by atoms with Crippen LogP contribution in [0.3, 0.4) is 0 Å². The molecule has 9 heteroatoms. The average molecular weight is 424 g/mol. The summed E-state index contributed by atoms with van der Waals surface area (Å²) < 4.78 is 1.98. The molecule has 0 spiro atoms. The van der Waals surface area contributed by atoms with Crippen molar-refractivity contribution in [1.29, 1.82) is 0 Å². The zero-order valence-electron chi connectivity index (χ0n) is 15.6. The van der Waals surface area contributed by atoms with Gasteiger partial charge in [0, 0.05) is 69.3 Å². The van der Waals surface area contributed by atoms with E-state index in [1.165, 1.54) is 0 Å². The van der Waals surface area contributed by atoms with Crippen LogP contribution in [0.4, 0.5) is 11.6 Å². The molecule has 1 atom stereocenters. The molecule has 1 unspecified atom stereocenters. The first kappa shape index (κ1) is 20.5. The Kier molecular flexibility index (Phi) is 6.15.